The van der Waals surface area contributed by atoms with Crippen molar-refractivity contribution in [3.05, 3.63) is 52.8 Å². The maximum atomic E-state index is 14.4. The molecule has 3 fully saturated rings. The van der Waals surface area contributed by atoms with E-state index in [-0.39, 0.29) is 36.8 Å². The van der Waals surface area contributed by atoms with E-state index in [0.717, 1.165) is 24.2 Å². The summed E-state index contributed by atoms with van der Waals surface area (Å²) in [6.07, 6.45) is 1.12. The Balaban J connectivity index is 1.46. The summed E-state index contributed by atoms with van der Waals surface area (Å²) < 4.78 is 20.1. The molecule has 3 saturated heterocycles. The normalized spacial score (nSPS) is 19.6. The topological polar surface area (TPSA) is 110 Å². The maximum Gasteiger partial charge on any atom is 0.326 e. The van der Waals surface area contributed by atoms with Gasteiger partial charge in [-0.2, -0.15) is 4.98 Å². The van der Waals surface area contributed by atoms with Gasteiger partial charge in [-0.1, -0.05) is 12.1 Å². The molecule has 0 unspecified atom stereocenters. The Labute approximate surface area is 234 Å². The van der Waals surface area contributed by atoms with Gasteiger partial charge in [0.05, 0.1) is 31.2 Å². The molecule has 10 nitrogen and oxygen atoms in total. The number of nitrogens with zero attached hydrogens (tertiary/aromatic N) is 4. The number of likely N-dealkylation sites (tertiary alicyclic amines) is 1. The Morgan fingerprint density at radius 2 is 1.90 bits per heavy atom. The molecule has 5 rings (SSSR count). The van der Waals surface area contributed by atoms with E-state index in [0.29, 0.717) is 49.7 Å². The molecular formula is C29H39FN6O4. The lowest BCUT2D eigenvalue weighted by Gasteiger charge is -2.45. The number of methoxy groups -OCH3 is 1. The first-order valence-corrected chi connectivity index (χ1v) is 13.8. The van der Waals surface area contributed by atoms with Crippen molar-refractivity contribution in [1.82, 2.24) is 25.6 Å². The van der Waals surface area contributed by atoms with Gasteiger partial charge >= 0.3 is 6.03 Å². The lowest BCUT2D eigenvalue weighted by atomic mass is 9.84. The van der Waals surface area contributed by atoms with Crippen LogP contribution in [0.5, 0.6) is 5.88 Å². The van der Waals surface area contributed by atoms with Crippen molar-refractivity contribution in [2.45, 2.75) is 51.6 Å². The minimum Gasteiger partial charge on any atom is -0.481 e. The van der Waals surface area contributed by atoms with Crippen LogP contribution in [-0.2, 0) is 11.3 Å². The molecule has 0 saturated carbocycles. The molecule has 0 radical (unpaired) electrons. The number of ether oxygens (including phenoxy) is 1. The molecule has 1 spiro atoms. The summed E-state index contributed by atoms with van der Waals surface area (Å²) in [5.74, 6) is 0.786. The Morgan fingerprint density at radius 3 is 2.55 bits per heavy atom. The molecule has 0 bridgehead atoms. The van der Waals surface area contributed by atoms with Crippen LogP contribution in [0.3, 0.4) is 0 Å². The highest BCUT2D eigenvalue weighted by atomic mass is 19.1. The van der Waals surface area contributed by atoms with Gasteiger partial charge in [-0.3, -0.25) is 20.5 Å². The number of aliphatic hydroxyl groups excluding tert-OH is 1. The number of nitrogens with one attached hydrogen (secondary N) is 2. The van der Waals surface area contributed by atoms with Crippen molar-refractivity contribution in [2.75, 3.05) is 51.3 Å². The van der Waals surface area contributed by atoms with Crippen LogP contribution in [0.25, 0.3) is 0 Å². The Morgan fingerprint density at radius 1 is 1.20 bits per heavy atom. The molecule has 216 valence electrons. The maximum absolute atomic E-state index is 14.4. The van der Waals surface area contributed by atoms with Crippen LogP contribution in [0.4, 0.5) is 15.0 Å². The summed E-state index contributed by atoms with van der Waals surface area (Å²) in [6.45, 7) is 8.04. The molecule has 40 heavy (non-hydrogen) atoms. The molecule has 1 aromatic carbocycles. The van der Waals surface area contributed by atoms with Gasteiger partial charge in [-0.15, -0.1) is 0 Å². The summed E-state index contributed by atoms with van der Waals surface area (Å²) in [4.78, 5) is 37.2. The lowest BCUT2D eigenvalue weighted by Crippen LogP contribution is -2.57. The van der Waals surface area contributed by atoms with Crippen molar-refractivity contribution in [3.8, 4) is 5.88 Å². The Hall–Kier alpha value is -3.28. The Kier molecular flexibility index (Phi) is 7.73. The van der Waals surface area contributed by atoms with E-state index in [1.807, 2.05) is 23.1 Å². The van der Waals surface area contributed by atoms with Crippen molar-refractivity contribution in [1.29, 1.82) is 0 Å². The number of urea groups is 1. The number of anilines is 1. The number of carbonyl (C=O) groups excluding carboxylic acids is 2. The number of pyridine rings is 1. The summed E-state index contributed by atoms with van der Waals surface area (Å²) in [7, 11) is 1.58. The minimum absolute atomic E-state index is 0.101. The van der Waals surface area contributed by atoms with Gasteiger partial charge in [0.1, 0.15) is 11.6 Å². The SMILES string of the molecule is COc1nc(N2CC3(CCN(C(=O)C(C)(C)CO)CC3)N(Cc3cccc(F)c3C)C2=O)ccc1C1CNNC1. The fourth-order valence-corrected chi connectivity index (χ4v) is 6.00. The van der Waals surface area contributed by atoms with Gasteiger partial charge in [0.15, 0.2) is 0 Å². The number of piperidine rings is 1. The van der Waals surface area contributed by atoms with Gasteiger partial charge in [-0.25, -0.2) is 9.18 Å². The fourth-order valence-electron chi connectivity index (χ4n) is 6.00. The zero-order valence-corrected chi connectivity index (χ0v) is 23.7. The fraction of sp³-hybridized carbons (Fsp3) is 0.552. The number of rotatable bonds is 7. The number of aromatic nitrogens is 1. The molecule has 2 aromatic rings. The third-order valence-electron chi connectivity index (χ3n) is 8.76. The Bertz CT molecular complexity index is 1270. The first-order chi connectivity index (χ1) is 19.1. The highest BCUT2D eigenvalue weighted by Gasteiger charge is 2.52. The average molecular weight is 555 g/mol. The van der Waals surface area contributed by atoms with Gasteiger partial charge in [0.25, 0.3) is 0 Å². The van der Waals surface area contributed by atoms with E-state index < -0.39 is 11.0 Å². The van der Waals surface area contributed by atoms with Crippen molar-refractivity contribution in [2.24, 2.45) is 5.41 Å². The summed E-state index contributed by atoms with van der Waals surface area (Å²) in [6, 6.07) is 8.57. The number of hydrazine groups is 1. The molecule has 3 aliphatic rings. The molecule has 0 aliphatic carbocycles. The quantitative estimate of drug-likeness (QED) is 0.483. The number of carbonyl (C=O) groups is 2. The first kappa shape index (κ1) is 28.3. The third-order valence-corrected chi connectivity index (χ3v) is 8.76. The summed E-state index contributed by atoms with van der Waals surface area (Å²) >= 11 is 0. The van der Waals surface area contributed by atoms with Crippen LogP contribution < -0.4 is 20.5 Å². The van der Waals surface area contributed by atoms with Gasteiger partial charge in [0, 0.05) is 44.2 Å². The smallest absolute Gasteiger partial charge is 0.326 e. The molecule has 1 aromatic heterocycles. The van der Waals surface area contributed by atoms with Gasteiger partial charge < -0.3 is 19.6 Å². The number of halogens is 1. The van der Waals surface area contributed by atoms with Crippen molar-refractivity contribution in [3.63, 3.8) is 0 Å². The molecule has 0 atom stereocenters. The molecule has 11 heteroatoms. The second-order valence-corrected chi connectivity index (χ2v) is 11.8. The van der Waals surface area contributed by atoms with Crippen LogP contribution in [0.2, 0.25) is 0 Å². The van der Waals surface area contributed by atoms with Gasteiger partial charge in [-0.05, 0) is 62.9 Å². The highest BCUT2D eigenvalue weighted by Crippen LogP contribution is 2.41. The second kappa shape index (κ2) is 10.9. The van der Waals surface area contributed by atoms with Crippen LogP contribution in [0.1, 0.15) is 49.3 Å². The number of amides is 3. The van der Waals surface area contributed by atoms with Crippen LogP contribution >= 0.6 is 0 Å². The highest BCUT2D eigenvalue weighted by molar-refractivity contribution is 5.94. The van der Waals surface area contributed by atoms with E-state index in [9.17, 15) is 19.1 Å². The minimum atomic E-state index is -0.868. The van der Waals surface area contributed by atoms with Crippen LogP contribution in [-0.4, -0.2) is 83.8 Å². The zero-order chi connectivity index (χ0) is 28.7. The predicted molar refractivity (Wildman–Crippen MR) is 148 cm³/mol. The summed E-state index contributed by atoms with van der Waals surface area (Å²) in [5.41, 5.74) is 7.05. The first-order valence-electron chi connectivity index (χ1n) is 13.8. The standard InChI is InChI=1S/C29H39FN6O4/c1-19-20(6-5-7-23(19)30)16-36-27(39)35(24-9-8-22(25(33-24)40-4)21-14-31-32-15-21)17-29(36)10-12-34(13-11-29)26(38)28(2,3)18-37/h5-9,21,31-32,37H,10-18H2,1-4H3. The van der Waals surface area contributed by atoms with Crippen molar-refractivity contribution < 1.29 is 23.8 Å². The van der Waals surface area contributed by atoms with E-state index in [1.54, 1.807) is 43.7 Å². The molecule has 3 aliphatic heterocycles. The van der Waals surface area contributed by atoms with Crippen LogP contribution in [0.15, 0.2) is 30.3 Å². The summed E-state index contributed by atoms with van der Waals surface area (Å²) in [5, 5.41) is 9.72. The molecular weight excluding hydrogens is 515 g/mol. The lowest BCUT2D eigenvalue weighted by molar-refractivity contribution is -0.144. The average Bonchev–Trinajstić information content (AvgIpc) is 3.59. The van der Waals surface area contributed by atoms with E-state index >= 15 is 0 Å². The zero-order valence-electron chi connectivity index (χ0n) is 23.7. The molecule has 3 N–H and O–H groups in total. The third kappa shape index (κ3) is 5.02. The number of hydrogen-bond acceptors (Lipinski definition) is 7. The molecule has 3 amide bonds. The predicted octanol–water partition coefficient (Wildman–Crippen LogP) is 2.55. The van der Waals surface area contributed by atoms with Crippen molar-refractivity contribution >= 4 is 17.8 Å². The number of benzene rings is 1. The van der Waals surface area contributed by atoms with E-state index in [4.69, 9.17) is 9.72 Å². The van der Waals surface area contributed by atoms with E-state index in [1.165, 1.54) is 6.07 Å². The molecule has 4 heterocycles. The largest absolute Gasteiger partial charge is 0.481 e. The number of aliphatic hydroxyl groups is 1. The van der Waals surface area contributed by atoms with Crippen LogP contribution in [0, 0.1) is 18.2 Å². The van der Waals surface area contributed by atoms with E-state index in [2.05, 4.69) is 10.9 Å². The monoisotopic (exact) mass is 554 g/mol. The second-order valence-electron chi connectivity index (χ2n) is 11.8. The number of hydrogen-bond donors (Lipinski definition) is 3. The van der Waals surface area contributed by atoms with Gasteiger partial charge in [0.2, 0.25) is 11.8 Å².